The molecule has 0 aliphatic carbocycles. The molecule has 2 rings (SSSR count). The van der Waals surface area contributed by atoms with Crippen LogP contribution in [-0.2, 0) is 5.41 Å². The van der Waals surface area contributed by atoms with Gasteiger partial charge in [0.15, 0.2) is 0 Å². The minimum absolute atomic E-state index is 0.00326. The van der Waals surface area contributed by atoms with Crippen LogP contribution in [0.1, 0.15) is 26.6 Å². The van der Waals surface area contributed by atoms with Crippen LogP contribution in [-0.4, -0.2) is 14.6 Å². The molecule has 14 heavy (non-hydrogen) atoms. The lowest BCUT2D eigenvalue weighted by atomic mass is 9.96. The molecule has 0 aliphatic rings. The first-order chi connectivity index (χ1) is 6.50. The third kappa shape index (κ3) is 1.43. The highest BCUT2D eigenvalue weighted by molar-refractivity contribution is 9.10. The average Bonchev–Trinajstić information content (AvgIpc) is 2.44. The fraction of sp³-hybridized carbons (Fsp3) is 0.400. The first kappa shape index (κ1) is 9.65. The van der Waals surface area contributed by atoms with E-state index in [1.54, 1.807) is 6.20 Å². The summed E-state index contributed by atoms with van der Waals surface area (Å²) in [5.74, 6) is 0.972. The molecule has 0 aromatic carbocycles. The Morgan fingerprint density at radius 1 is 1.36 bits per heavy atom. The summed E-state index contributed by atoms with van der Waals surface area (Å²) in [5.41, 5.74) is 1.01. The molecule has 0 amide bonds. The van der Waals surface area contributed by atoms with Crippen molar-refractivity contribution in [2.24, 2.45) is 0 Å². The monoisotopic (exact) mass is 253 g/mol. The summed E-state index contributed by atoms with van der Waals surface area (Å²) in [6.45, 7) is 6.38. The van der Waals surface area contributed by atoms with Gasteiger partial charge in [0.05, 0.1) is 5.52 Å². The zero-order valence-electron chi connectivity index (χ0n) is 8.45. The second-order valence-electron chi connectivity index (χ2n) is 4.30. The van der Waals surface area contributed by atoms with Gasteiger partial charge in [-0.3, -0.25) is 0 Å². The molecule has 0 radical (unpaired) electrons. The van der Waals surface area contributed by atoms with Crippen molar-refractivity contribution in [3.63, 3.8) is 0 Å². The lowest BCUT2D eigenvalue weighted by Gasteiger charge is -2.15. The molecule has 2 aromatic rings. The summed E-state index contributed by atoms with van der Waals surface area (Å²) in [4.78, 5) is 4.48. The summed E-state index contributed by atoms with van der Waals surface area (Å²) in [7, 11) is 0. The maximum Gasteiger partial charge on any atom is 0.137 e. The van der Waals surface area contributed by atoms with Crippen molar-refractivity contribution >= 4 is 21.4 Å². The van der Waals surface area contributed by atoms with Gasteiger partial charge in [-0.1, -0.05) is 20.8 Å². The van der Waals surface area contributed by atoms with Gasteiger partial charge in [0.1, 0.15) is 10.4 Å². The average molecular weight is 254 g/mol. The number of halogens is 1. The quantitative estimate of drug-likeness (QED) is 0.723. The van der Waals surface area contributed by atoms with Crippen LogP contribution in [0.2, 0.25) is 0 Å². The highest BCUT2D eigenvalue weighted by Gasteiger charge is 2.22. The highest BCUT2D eigenvalue weighted by atomic mass is 79.9. The molecule has 0 bridgehead atoms. The summed E-state index contributed by atoms with van der Waals surface area (Å²) in [5, 5.41) is 4.29. The SMILES string of the molecule is CC(C)(C)c1nc(Br)c2cccnn12. The molecular formula is C10H12BrN3. The van der Waals surface area contributed by atoms with E-state index in [0.29, 0.717) is 0 Å². The molecule has 0 atom stereocenters. The molecule has 0 aliphatic heterocycles. The standard InChI is InChI=1S/C10H12BrN3/c1-10(2,3)9-13-8(11)7-5-4-6-12-14(7)9/h4-6H,1-3H3. The van der Waals surface area contributed by atoms with E-state index >= 15 is 0 Å². The van der Waals surface area contributed by atoms with Gasteiger partial charge in [-0.15, -0.1) is 0 Å². The van der Waals surface area contributed by atoms with E-state index in [1.165, 1.54) is 0 Å². The van der Waals surface area contributed by atoms with Gasteiger partial charge < -0.3 is 0 Å². The number of aromatic nitrogens is 3. The van der Waals surface area contributed by atoms with Crippen LogP contribution in [0.15, 0.2) is 22.9 Å². The predicted octanol–water partition coefficient (Wildman–Crippen LogP) is 2.79. The fourth-order valence-corrected chi connectivity index (χ4v) is 1.85. The molecular weight excluding hydrogens is 242 g/mol. The van der Waals surface area contributed by atoms with Gasteiger partial charge in [0.2, 0.25) is 0 Å². The van der Waals surface area contributed by atoms with Gasteiger partial charge in [0, 0.05) is 11.6 Å². The van der Waals surface area contributed by atoms with Gasteiger partial charge in [-0.2, -0.15) is 5.10 Å². The second-order valence-corrected chi connectivity index (χ2v) is 5.05. The Hall–Kier alpha value is -0.900. The van der Waals surface area contributed by atoms with Crippen LogP contribution in [0.5, 0.6) is 0 Å². The van der Waals surface area contributed by atoms with Gasteiger partial charge >= 0.3 is 0 Å². The number of imidazole rings is 1. The minimum Gasteiger partial charge on any atom is -0.223 e. The Kier molecular flexibility index (Phi) is 2.10. The van der Waals surface area contributed by atoms with Crippen molar-refractivity contribution in [2.75, 3.05) is 0 Å². The molecule has 0 N–H and O–H groups in total. The van der Waals surface area contributed by atoms with Crippen LogP contribution >= 0.6 is 15.9 Å². The van der Waals surface area contributed by atoms with Crippen molar-refractivity contribution < 1.29 is 0 Å². The molecule has 0 fully saturated rings. The zero-order chi connectivity index (χ0) is 10.3. The second kappa shape index (κ2) is 3.05. The Bertz CT molecular complexity index is 468. The predicted molar refractivity (Wildman–Crippen MR) is 59.4 cm³/mol. The van der Waals surface area contributed by atoms with Crippen LogP contribution in [0.25, 0.3) is 5.52 Å². The van der Waals surface area contributed by atoms with Gasteiger partial charge in [0.25, 0.3) is 0 Å². The number of hydrogen-bond donors (Lipinski definition) is 0. The summed E-state index contributed by atoms with van der Waals surface area (Å²) >= 11 is 3.44. The van der Waals surface area contributed by atoms with Crippen molar-refractivity contribution in [3.05, 3.63) is 28.8 Å². The van der Waals surface area contributed by atoms with E-state index in [-0.39, 0.29) is 5.41 Å². The third-order valence-corrected chi connectivity index (χ3v) is 2.62. The number of nitrogens with zero attached hydrogens (tertiary/aromatic N) is 3. The zero-order valence-corrected chi connectivity index (χ0v) is 10.0. The smallest absolute Gasteiger partial charge is 0.137 e. The molecule has 74 valence electrons. The molecule has 2 heterocycles. The lowest BCUT2D eigenvalue weighted by Crippen LogP contribution is -2.16. The Balaban J connectivity index is 2.80. The van der Waals surface area contributed by atoms with Crippen molar-refractivity contribution in [2.45, 2.75) is 26.2 Å². The lowest BCUT2D eigenvalue weighted by molar-refractivity contribution is 0.529. The van der Waals surface area contributed by atoms with Crippen molar-refractivity contribution in [1.82, 2.24) is 14.6 Å². The van der Waals surface area contributed by atoms with Crippen LogP contribution in [0.3, 0.4) is 0 Å². The molecule has 4 heteroatoms. The van der Waals surface area contributed by atoms with Crippen LogP contribution in [0.4, 0.5) is 0 Å². The maximum absolute atomic E-state index is 4.48. The van der Waals surface area contributed by atoms with E-state index in [2.05, 4.69) is 46.8 Å². The summed E-state index contributed by atoms with van der Waals surface area (Å²) < 4.78 is 2.74. The van der Waals surface area contributed by atoms with Gasteiger partial charge in [-0.25, -0.2) is 9.50 Å². The summed E-state index contributed by atoms with van der Waals surface area (Å²) in [6, 6.07) is 3.91. The Morgan fingerprint density at radius 3 is 2.71 bits per heavy atom. The first-order valence-corrected chi connectivity index (χ1v) is 5.29. The number of rotatable bonds is 0. The molecule has 0 spiro atoms. The molecule has 0 unspecified atom stereocenters. The van der Waals surface area contributed by atoms with E-state index in [4.69, 9.17) is 0 Å². The third-order valence-electron chi connectivity index (χ3n) is 2.04. The topological polar surface area (TPSA) is 30.2 Å². The van der Waals surface area contributed by atoms with E-state index in [0.717, 1.165) is 15.9 Å². The Morgan fingerprint density at radius 2 is 2.07 bits per heavy atom. The van der Waals surface area contributed by atoms with Crippen molar-refractivity contribution in [1.29, 1.82) is 0 Å². The van der Waals surface area contributed by atoms with E-state index in [9.17, 15) is 0 Å². The van der Waals surface area contributed by atoms with Gasteiger partial charge in [-0.05, 0) is 28.1 Å². The number of fused-ring (bicyclic) bond motifs is 1. The highest BCUT2D eigenvalue weighted by Crippen LogP contribution is 2.25. The molecule has 2 aromatic heterocycles. The summed E-state index contributed by atoms with van der Waals surface area (Å²) in [6.07, 6.45) is 1.77. The van der Waals surface area contributed by atoms with Crippen LogP contribution in [0, 0.1) is 0 Å². The van der Waals surface area contributed by atoms with Crippen LogP contribution < -0.4 is 0 Å². The molecule has 0 saturated carbocycles. The van der Waals surface area contributed by atoms with Crippen molar-refractivity contribution in [3.8, 4) is 0 Å². The molecule has 3 nitrogen and oxygen atoms in total. The molecule has 0 saturated heterocycles. The van der Waals surface area contributed by atoms with E-state index < -0.39 is 0 Å². The Labute approximate surface area is 91.3 Å². The maximum atomic E-state index is 4.48. The fourth-order valence-electron chi connectivity index (χ4n) is 1.38. The first-order valence-electron chi connectivity index (χ1n) is 4.50. The normalized spacial score (nSPS) is 12.3. The van der Waals surface area contributed by atoms with E-state index in [1.807, 2.05) is 16.6 Å². The largest absolute Gasteiger partial charge is 0.223 e. The minimum atomic E-state index is 0.00326. The number of hydrogen-bond acceptors (Lipinski definition) is 2.